The number of halogens is 2. The molecule has 0 atom stereocenters. The van der Waals surface area contributed by atoms with Crippen LogP contribution in [-0.4, -0.2) is 19.6 Å². The summed E-state index contributed by atoms with van der Waals surface area (Å²) in [5, 5.41) is 8.71. The van der Waals surface area contributed by atoms with Crippen LogP contribution in [0, 0.1) is 0 Å². The van der Waals surface area contributed by atoms with Gasteiger partial charge in [0.2, 0.25) is 0 Å². The zero-order valence-corrected chi connectivity index (χ0v) is 15.6. The first-order chi connectivity index (χ1) is 8.26. The molecule has 1 aromatic rings. The average molecular weight is 446 g/mol. The summed E-state index contributed by atoms with van der Waals surface area (Å²) in [7, 11) is 1.81. The highest BCUT2D eigenvalue weighted by molar-refractivity contribution is 14.0. The highest BCUT2D eigenvalue weighted by atomic mass is 127. The molecule has 0 aliphatic rings. The van der Waals surface area contributed by atoms with Crippen LogP contribution >= 0.6 is 51.2 Å². The van der Waals surface area contributed by atoms with Gasteiger partial charge in [-0.3, -0.25) is 4.99 Å². The van der Waals surface area contributed by atoms with E-state index in [0.717, 1.165) is 23.5 Å². The van der Waals surface area contributed by atoms with E-state index in [4.69, 9.17) is 0 Å². The minimum Gasteiger partial charge on any atom is -0.356 e. The third kappa shape index (κ3) is 7.58. The predicted molar refractivity (Wildman–Crippen MR) is 95.2 cm³/mol. The maximum Gasteiger partial charge on any atom is 0.191 e. The van der Waals surface area contributed by atoms with E-state index in [-0.39, 0.29) is 24.0 Å². The highest BCUT2D eigenvalue weighted by Crippen LogP contribution is 2.19. The Labute approximate surface area is 139 Å². The molecular weight excluding hydrogens is 425 g/mol. The second-order valence-electron chi connectivity index (χ2n) is 3.79. The Balaban J connectivity index is 0.00000289. The Kier molecular flexibility index (Phi) is 11.2. The molecule has 1 rings (SSSR count). The van der Waals surface area contributed by atoms with Crippen molar-refractivity contribution in [2.45, 2.75) is 32.7 Å². The minimum atomic E-state index is 0. The number of nitrogens with zero attached hydrogens (tertiary/aromatic N) is 1. The quantitative estimate of drug-likeness (QED) is 0.300. The van der Waals surface area contributed by atoms with Gasteiger partial charge in [-0.25, -0.2) is 0 Å². The number of rotatable bonds is 6. The van der Waals surface area contributed by atoms with Crippen molar-refractivity contribution in [1.29, 1.82) is 0 Å². The van der Waals surface area contributed by atoms with Gasteiger partial charge in [-0.15, -0.1) is 35.3 Å². The number of hydrogen-bond donors (Lipinski definition) is 2. The molecule has 0 unspecified atom stereocenters. The summed E-state index contributed by atoms with van der Waals surface area (Å²) in [6.07, 6.45) is 3.71. The van der Waals surface area contributed by atoms with E-state index >= 15 is 0 Å². The van der Waals surface area contributed by atoms with Gasteiger partial charge in [0.1, 0.15) is 0 Å². The third-order valence-electron chi connectivity index (χ3n) is 2.35. The van der Waals surface area contributed by atoms with Crippen molar-refractivity contribution < 1.29 is 0 Å². The maximum absolute atomic E-state index is 4.19. The molecule has 0 fully saturated rings. The maximum atomic E-state index is 4.19. The molecule has 1 aromatic heterocycles. The van der Waals surface area contributed by atoms with Gasteiger partial charge in [-0.1, -0.05) is 19.8 Å². The summed E-state index contributed by atoms with van der Waals surface area (Å²) in [4.78, 5) is 5.49. The molecule has 0 spiro atoms. The molecule has 0 aromatic carbocycles. The van der Waals surface area contributed by atoms with Gasteiger partial charge in [-0.05, 0) is 28.4 Å². The highest BCUT2D eigenvalue weighted by Gasteiger charge is 2.00. The summed E-state index contributed by atoms with van der Waals surface area (Å²) in [6, 6.07) is 2.13. The van der Waals surface area contributed by atoms with Gasteiger partial charge in [-0.2, -0.15) is 0 Å². The second-order valence-corrected chi connectivity index (χ2v) is 5.70. The van der Waals surface area contributed by atoms with Gasteiger partial charge >= 0.3 is 0 Å². The van der Waals surface area contributed by atoms with E-state index in [1.807, 2.05) is 0 Å². The fourth-order valence-electron chi connectivity index (χ4n) is 1.42. The molecule has 104 valence electrons. The summed E-state index contributed by atoms with van der Waals surface area (Å²) in [5.74, 6) is 0.880. The molecule has 0 radical (unpaired) electrons. The monoisotopic (exact) mass is 445 g/mol. The van der Waals surface area contributed by atoms with Gasteiger partial charge in [0.25, 0.3) is 0 Å². The fourth-order valence-corrected chi connectivity index (χ4v) is 2.81. The summed E-state index contributed by atoms with van der Waals surface area (Å²) >= 11 is 5.19. The van der Waals surface area contributed by atoms with E-state index in [9.17, 15) is 0 Å². The van der Waals surface area contributed by atoms with Crippen LogP contribution in [0.5, 0.6) is 0 Å². The minimum absolute atomic E-state index is 0. The molecule has 0 saturated carbocycles. The van der Waals surface area contributed by atoms with E-state index < -0.39 is 0 Å². The SMILES string of the molecule is CCCCCNC(=NC)NCc1cc(Br)cs1.I. The van der Waals surface area contributed by atoms with Crippen LogP contribution in [-0.2, 0) is 6.54 Å². The Morgan fingerprint density at radius 3 is 2.72 bits per heavy atom. The van der Waals surface area contributed by atoms with E-state index in [1.165, 1.54) is 24.1 Å². The van der Waals surface area contributed by atoms with Crippen molar-refractivity contribution in [2.24, 2.45) is 4.99 Å². The lowest BCUT2D eigenvalue weighted by molar-refractivity contribution is 0.683. The van der Waals surface area contributed by atoms with Crippen LogP contribution in [0.1, 0.15) is 31.1 Å². The second kappa shape index (κ2) is 11.0. The van der Waals surface area contributed by atoms with E-state index in [2.05, 4.69) is 49.9 Å². The van der Waals surface area contributed by atoms with Crippen molar-refractivity contribution in [3.63, 3.8) is 0 Å². The van der Waals surface area contributed by atoms with Gasteiger partial charge in [0, 0.05) is 28.3 Å². The lowest BCUT2D eigenvalue weighted by Gasteiger charge is -2.10. The van der Waals surface area contributed by atoms with Crippen LogP contribution < -0.4 is 10.6 Å². The Hall–Kier alpha value is 0.180. The lowest BCUT2D eigenvalue weighted by Crippen LogP contribution is -2.37. The molecule has 18 heavy (non-hydrogen) atoms. The van der Waals surface area contributed by atoms with Gasteiger partial charge in [0.05, 0.1) is 6.54 Å². The standard InChI is InChI=1S/C12H20BrN3S.HI/c1-3-4-5-6-15-12(14-2)16-8-11-7-10(13)9-17-11;/h7,9H,3-6,8H2,1-2H3,(H2,14,15,16);1H. The molecular formula is C12H21BrIN3S. The van der Waals surface area contributed by atoms with Crippen molar-refractivity contribution in [2.75, 3.05) is 13.6 Å². The number of unbranched alkanes of at least 4 members (excludes halogenated alkanes) is 2. The molecule has 2 N–H and O–H groups in total. The van der Waals surface area contributed by atoms with Crippen molar-refractivity contribution in [3.05, 3.63) is 20.8 Å². The smallest absolute Gasteiger partial charge is 0.191 e. The summed E-state index contributed by atoms with van der Waals surface area (Å²) < 4.78 is 1.14. The Bertz CT molecular complexity index is 355. The number of aliphatic imine (C=N–C) groups is 1. The third-order valence-corrected chi connectivity index (χ3v) is 4.05. The zero-order chi connectivity index (χ0) is 12.5. The molecule has 3 nitrogen and oxygen atoms in total. The van der Waals surface area contributed by atoms with Crippen LogP contribution in [0.15, 0.2) is 20.9 Å². The number of thiophene rings is 1. The summed E-state index contributed by atoms with van der Waals surface area (Å²) in [6.45, 7) is 4.02. The Morgan fingerprint density at radius 1 is 1.39 bits per heavy atom. The van der Waals surface area contributed by atoms with Crippen LogP contribution in [0.2, 0.25) is 0 Å². The Morgan fingerprint density at radius 2 is 2.17 bits per heavy atom. The van der Waals surface area contributed by atoms with Gasteiger partial charge in [0.15, 0.2) is 5.96 Å². The molecule has 0 bridgehead atoms. The first-order valence-corrected chi connectivity index (χ1v) is 7.61. The van der Waals surface area contributed by atoms with Crippen molar-refractivity contribution >= 4 is 57.2 Å². The first kappa shape index (κ1) is 18.2. The molecule has 0 amide bonds. The molecule has 0 aliphatic carbocycles. The molecule has 6 heteroatoms. The van der Waals surface area contributed by atoms with Crippen LogP contribution in [0.4, 0.5) is 0 Å². The van der Waals surface area contributed by atoms with E-state index in [1.54, 1.807) is 18.4 Å². The van der Waals surface area contributed by atoms with E-state index in [0.29, 0.717) is 0 Å². The number of hydrogen-bond acceptors (Lipinski definition) is 2. The first-order valence-electron chi connectivity index (χ1n) is 5.93. The van der Waals surface area contributed by atoms with Gasteiger partial charge < -0.3 is 10.6 Å². The zero-order valence-electron chi connectivity index (χ0n) is 10.8. The summed E-state index contributed by atoms with van der Waals surface area (Å²) in [5.41, 5.74) is 0. The van der Waals surface area contributed by atoms with Crippen molar-refractivity contribution in [1.82, 2.24) is 10.6 Å². The van der Waals surface area contributed by atoms with Crippen molar-refractivity contribution in [3.8, 4) is 0 Å². The van der Waals surface area contributed by atoms with Crippen LogP contribution in [0.25, 0.3) is 0 Å². The molecule has 1 heterocycles. The average Bonchev–Trinajstić information content (AvgIpc) is 2.74. The number of guanidine groups is 1. The largest absolute Gasteiger partial charge is 0.356 e. The van der Waals surface area contributed by atoms with Crippen LogP contribution in [0.3, 0.4) is 0 Å². The topological polar surface area (TPSA) is 36.4 Å². The number of nitrogens with one attached hydrogen (secondary N) is 2. The lowest BCUT2D eigenvalue weighted by atomic mass is 10.2. The molecule has 0 saturated heterocycles. The molecule has 0 aliphatic heterocycles. The normalized spacial score (nSPS) is 10.9. The fraction of sp³-hybridized carbons (Fsp3) is 0.583. The predicted octanol–water partition coefficient (Wildman–Crippen LogP) is 3.98.